The Labute approximate surface area is 137 Å². The first-order valence-electron chi connectivity index (χ1n) is 8.83. The normalized spacial score (nSPS) is 26.1. The van der Waals surface area contributed by atoms with Gasteiger partial charge in [0.25, 0.3) is 0 Å². The van der Waals surface area contributed by atoms with Crippen LogP contribution in [-0.2, 0) is 4.74 Å². The van der Waals surface area contributed by atoms with E-state index in [4.69, 9.17) is 4.74 Å². The zero-order valence-corrected chi connectivity index (χ0v) is 15.6. The van der Waals surface area contributed by atoms with Crippen LogP contribution in [0.3, 0.4) is 0 Å². The van der Waals surface area contributed by atoms with Gasteiger partial charge in [0.1, 0.15) is 5.60 Å². The second kappa shape index (κ2) is 8.19. The lowest BCUT2D eigenvalue weighted by Crippen LogP contribution is -2.47. The van der Waals surface area contributed by atoms with Crippen molar-refractivity contribution >= 4 is 6.09 Å². The minimum atomic E-state index is -0.439. The molecule has 3 unspecified atom stereocenters. The molecule has 0 aromatic rings. The summed E-state index contributed by atoms with van der Waals surface area (Å²) in [6.45, 7) is 16.0. The number of ether oxygens (including phenoxy) is 1. The monoisotopic (exact) mass is 312 g/mol. The summed E-state index contributed by atoms with van der Waals surface area (Å²) < 4.78 is 5.50. The first-order chi connectivity index (χ1) is 10.1. The maximum Gasteiger partial charge on any atom is 0.410 e. The van der Waals surface area contributed by atoms with E-state index in [1.807, 2.05) is 39.5 Å². The van der Waals surface area contributed by atoms with Gasteiger partial charge in [-0.2, -0.15) is 0 Å². The molecule has 0 heterocycles. The number of rotatable bonds is 5. The van der Waals surface area contributed by atoms with E-state index >= 15 is 0 Å². The minimum absolute atomic E-state index is 0.153. The first-order valence-corrected chi connectivity index (χ1v) is 8.83. The van der Waals surface area contributed by atoms with Gasteiger partial charge in [-0.05, 0) is 65.7 Å². The first kappa shape index (κ1) is 19.3. The summed E-state index contributed by atoms with van der Waals surface area (Å²) in [4.78, 5) is 14.1. The average Bonchev–Trinajstić information content (AvgIpc) is 2.33. The second-order valence-electron chi connectivity index (χ2n) is 8.22. The quantitative estimate of drug-likeness (QED) is 0.833. The minimum Gasteiger partial charge on any atom is -0.444 e. The summed E-state index contributed by atoms with van der Waals surface area (Å²) in [6, 6.07) is 0.740. The van der Waals surface area contributed by atoms with Crippen molar-refractivity contribution in [2.75, 3.05) is 13.1 Å². The summed E-state index contributed by atoms with van der Waals surface area (Å²) in [5.41, 5.74) is -0.439. The van der Waals surface area contributed by atoms with Crippen LogP contribution in [0.5, 0.6) is 0 Å². The number of carbonyl (C=O) groups is 1. The Kier molecular flexibility index (Phi) is 7.17. The summed E-state index contributed by atoms with van der Waals surface area (Å²) in [6.07, 6.45) is 3.64. The topological polar surface area (TPSA) is 41.6 Å². The predicted molar refractivity (Wildman–Crippen MR) is 92.0 cm³/mol. The number of nitrogens with zero attached hydrogens (tertiary/aromatic N) is 1. The van der Waals surface area contributed by atoms with Gasteiger partial charge in [0.15, 0.2) is 0 Å². The summed E-state index contributed by atoms with van der Waals surface area (Å²) in [5, 5.41) is 3.65. The zero-order chi connectivity index (χ0) is 16.9. The molecule has 0 aromatic heterocycles. The van der Waals surface area contributed by atoms with Crippen LogP contribution in [0.1, 0.15) is 67.7 Å². The van der Waals surface area contributed by atoms with Crippen LogP contribution >= 0.6 is 0 Å². The molecule has 0 radical (unpaired) electrons. The maximum absolute atomic E-state index is 12.3. The Morgan fingerprint density at radius 2 is 1.91 bits per heavy atom. The third-order valence-electron chi connectivity index (χ3n) is 4.44. The molecule has 22 heavy (non-hydrogen) atoms. The van der Waals surface area contributed by atoms with Crippen LogP contribution in [0.15, 0.2) is 0 Å². The summed E-state index contributed by atoms with van der Waals surface area (Å²) in [5.74, 6) is 1.57. The zero-order valence-electron chi connectivity index (χ0n) is 15.6. The van der Waals surface area contributed by atoms with Crippen molar-refractivity contribution in [3.05, 3.63) is 0 Å². The van der Waals surface area contributed by atoms with Crippen LogP contribution < -0.4 is 5.32 Å². The van der Waals surface area contributed by atoms with E-state index in [0.717, 1.165) is 18.4 Å². The smallest absolute Gasteiger partial charge is 0.410 e. The van der Waals surface area contributed by atoms with Crippen molar-refractivity contribution in [1.29, 1.82) is 0 Å². The maximum atomic E-state index is 12.3. The Hall–Kier alpha value is -0.770. The molecule has 1 saturated carbocycles. The van der Waals surface area contributed by atoms with Crippen LogP contribution in [0.2, 0.25) is 0 Å². The van der Waals surface area contributed by atoms with Crippen LogP contribution in [0.4, 0.5) is 4.79 Å². The summed E-state index contributed by atoms with van der Waals surface area (Å²) in [7, 11) is 0. The van der Waals surface area contributed by atoms with E-state index in [0.29, 0.717) is 12.6 Å². The van der Waals surface area contributed by atoms with Crippen molar-refractivity contribution in [3.63, 3.8) is 0 Å². The Morgan fingerprint density at radius 1 is 1.27 bits per heavy atom. The molecule has 0 aliphatic heterocycles. The van der Waals surface area contributed by atoms with Crippen LogP contribution in [0.25, 0.3) is 0 Å². The highest BCUT2D eigenvalue weighted by Gasteiger charge is 2.26. The predicted octanol–water partition coefficient (Wildman–Crippen LogP) is 4.05. The lowest BCUT2D eigenvalue weighted by Gasteiger charge is -2.35. The molecule has 1 aliphatic rings. The third kappa shape index (κ3) is 6.55. The van der Waals surface area contributed by atoms with Gasteiger partial charge in [0.05, 0.1) is 0 Å². The van der Waals surface area contributed by atoms with Gasteiger partial charge in [-0.25, -0.2) is 4.79 Å². The van der Waals surface area contributed by atoms with Crippen molar-refractivity contribution in [1.82, 2.24) is 10.2 Å². The fourth-order valence-corrected chi connectivity index (χ4v) is 3.22. The molecular weight excluding hydrogens is 276 g/mol. The standard InChI is InChI=1S/C18H36N2O2/c1-13(2)20(17(21)22-18(5,6)7)11-10-19-16-9-8-14(3)12-15(16)4/h13-16,19H,8-12H2,1-7H3. The molecule has 4 nitrogen and oxygen atoms in total. The number of hydrogen-bond donors (Lipinski definition) is 1. The molecule has 1 N–H and O–H groups in total. The SMILES string of the molecule is CC1CCC(NCCN(C(=O)OC(C)(C)C)C(C)C)C(C)C1. The molecule has 4 heteroatoms. The summed E-state index contributed by atoms with van der Waals surface area (Å²) >= 11 is 0. The van der Waals surface area contributed by atoms with E-state index in [1.165, 1.54) is 19.3 Å². The fourth-order valence-electron chi connectivity index (χ4n) is 3.22. The van der Waals surface area contributed by atoms with Crippen LogP contribution in [0, 0.1) is 11.8 Å². The number of amides is 1. The average molecular weight is 312 g/mol. The molecular formula is C18H36N2O2. The van der Waals surface area contributed by atoms with Gasteiger partial charge in [0.2, 0.25) is 0 Å². The van der Waals surface area contributed by atoms with Crippen molar-refractivity contribution in [2.24, 2.45) is 11.8 Å². The van der Waals surface area contributed by atoms with Crippen molar-refractivity contribution in [2.45, 2.75) is 85.4 Å². The molecule has 0 saturated heterocycles. The molecule has 0 spiro atoms. The van der Waals surface area contributed by atoms with E-state index in [9.17, 15) is 4.79 Å². The molecule has 3 atom stereocenters. The van der Waals surface area contributed by atoms with Gasteiger partial charge in [-0.3, -0.25) is 0 Å². The molecule has 1 aliphatic carbocycles. The molecule has 1 fully saturated rings. The second-order valence-corrected chi connectivity index (χ2v) is 8.22. The van der Waals surface area contributed by atoms with Crippen molar-refractivity contribution < 1.29 is 9.53 Å². The Bertz CT molecular complexity index is 349. The molecule has 0 aromatic carbocycles. The molecule has 130 valence electrons. The highest BCUT2D eigenvalue weighted by atomic mass is 16.6. The number of nitrogens with one attached hydrogen (secondary N) is 1. The van der Waals surface area contributed by atoms with Gasteiger partial charge in [0, 0.05) is 25.2 Å². The van der Waals surface area contributed by atoms with E-state index in [2.05, 4.69) is 19.2 Å². The van der Waals surface area contributed by atoms with Gasteiger partial charge in [-0.15, -0.1) is 0 Å². The lowest BCUT2D eigenvalue weighted by molar-refractivity contribution is 0.0190. The van der Waals surface area contributed by atoms with Gasteiger partial charge < -0.3 is 15.0 Å². The number of hydrogen-bond acceptors (Lipinski definition) is 3. The fraction of sp³-hybridized carbons (Fsp3) is 0.944. The van der Waals surface area contributed by atoms with Crippen LogP contribution in [-0.4, -0.2) is 41.8 Å². The Balaban J connectivity index is 2.43. The van der Waals surface area contributed by atoms with E-state index in [-0.39, 0.29) is 12.1 Å². The molecule has 1 rings (SSSR count). The van der Waals surface area contributed by atoms with E-state index < -0.39 is 5.60 Å². The largest absolute Gasteiger partial charge is 0.444 e. The lowest BCUT2D eigenvalue weighted by atomic mass is 9.80. The third-order valence-corrected chi connectivity index (χ3v) is 4.44. The highest BCUT2D eigenvalue weighted by molar-refractivity contribution is 5.68. The van der Waals surface area contributed by atoms with Crippen molar-refractivity contribution in [3.8, 4) is 0 Å². The highest BCUT2D eigenvalue weighted by Crippen LogP contribution is 2.28. The molecule has 1 amide bonds. The Morgan fingerprint density at radius 3 is 2.41 bits per heavy atom. The molecule has 0 bridgehead atoms. The van der Waals surface area contributed by atoms with Gasteiger partial charge >= 0.3 is 6.09 Å². The number of carbonyl (C=O) groups excluding carboxylic acids is 1. The van der Waals surface area contributed by atoms with Gasteiger partial charge in [-0.1, -0.05) is 13.8 Å². The van der Waals surface area contributed by atoms with E-state index in [1.54, 1.807) is 0 Å².